The first kappa shape index (κ1) is 13.4. The fourth-order valence-electron chi connectivity index (χ4n) is 1.36. The molecule has 0 aliphatic rings. The lowest BCUT2D eigenvalue weighted by molar-refractivity contribution is -0.124. The van der Waals surface area contributed by atoms with Gasteiger partial charge in [-0.05, 0) is 6.42 Å². The van der Waals surface area contributed by atoms with Gasteiger partial charge in [0.25, 0.3) is 0 Å². The molecule has 0 aliphatic heterocycles. The van der Waals surface area contributed by atoms with Crippen LogP contribution in [0.5, 0.6) is 0 Å². The van der Waals surface area contributed by atoms with Gasteiger partial charge in [0.05, 0.1) is 6.61 Å². The van der Waals surface area contributed by atoms with Crippen LogP contribution in [-0.4, -0.2) is 24.2 Å². The van der Waals surface area contributed by atoms with Crippen LogP contribution in [0.3, 0.4) is 0 Å². The van der Waals surface area contributed by atoms with Crippen molar-refractivity contribution in [2.24, 2.45) is 5.92 Å². The van der Waals surface area contributed by atoms with E-state index in [1.54, 1.807) is 0 Å². The van der Waals surface area contributed by atoms with E-state index < -0.39 is 0 Å². The molecule has 0 spiro atoms. The zero-order chi connectivity index (χ0) is 10.8. The number of hydrogen-bond donors (Lipinski definition) is 2. The van der Waals surface area contributed by atoms with Crippen LogP contribution in [0.2, 0.25) is 0 Å². The molecule has 1 unspecified atom stereocenters. The average Bonchev–Trinajstić information content (AvgIpc) is 2.20. The number of carbonyl (C=O) groups excluding carboxylic acids is 1. The number of rotatable bonds is 8. The van der Waals surface area contributed by atoms with Crippen molar-refractivity contribution < 1.29 is 9.90 Å². The Labute approximate surface area is 86.9 Å². The number of unbranched alkanes of at least 4 members (excludes halogenated alkanes) is 3. The average molecular weight is 201 g/mol. The maximum absolute atomic E-state index is 11.3. The SMILES string of the molecule is CCCCCCC(C)C(=O)NCCO. The summed E-state index contributed by atoms with van der Waals surface area (Å²) in [6, 6.07) is 0. The molecular formula is C11H23NO2. The van der Waals surface area contributed by atoms with Crippen molar-refractivity contribution in [2.45, 2.75) is 46.0 Å². The minimum atomic E-state index is 0.0221. The number of aliphatic hydroxyl groups is 1. The summed E-state index contributed by atoms with van der Waals surface area (Å²) in [6.45, 7) is 4.52. The van der Waals surface area contributed by atoms with Crippen LogP contribution in [0.25, 0.3) is 0 Å². The van der Waals surface area contributed by atoms with Crippen molar-refractivity contribution in [3.8, 4) is 0 Å². The normalized spacial score (nSPS) is 12.5. The molecule has 0 aromatic carbocycles. The summed E-state index contributed by atoms with van der Waals surface area (Å²) >= 11 is 0. The summed E-state index contributed by atoms with van der Waals surface area (Å²) in [7, 11) is 0. The Morgan fingerprint density at radius 2 is 2.07 bits per heavy atom. The van der Waals surface area contributed by atoms with E-state index in [4.69, 9.17) is 5.11 Å². The molecule has 2 N–H and O–H groups in total. The minimum Gasteiger partial charge on any atom is -0.395 e. The van der Waals surface area contributed by atoms with Gasteiger partial charge in [0, 0.05) is 12.5 Å². The molecule has 0 heterocycles. The molecule has 0 saturated carbocycles. The van der Waals surface area contributed by atoms with Gasteiger partial charge < -0.3 is 10.4 Å². The van der Waals surface area contributed by atoms with Crippen LogP contribution in [0, 0.1) is 5.92 Å². The highest BCUT2D eigenvalue weighted by molar-refractivity contribution is 5.78. The fourth-order valence-corrected chi connectivity index (χ4v) is 1.36. The monoisotopic (exact) mass is 201 g/mol. The topological polar surface area (TPSA) is 49.3 Å². The highest BCUT2D eigenvalue weighted by Gasteiger charge is 2.10. The molecule has 0 rings (SSSR count). The van der Waals surface area contributed by atoms with Gasteiger partial charge in [0.2, 0.25) is 5.91 Å². The van der Waals surface area contributed by atoms with E-state index in [0.29, 0.717) is 6.54 Å². The summed E-state index contributed by atoms with van der Waals surface area (Å²) in [6.07, 6.45) is 5.78. The number of nitrogens with one attached hydrogen (secondary N) is 1. The number of hydrogen-bond acceptors (Lipinski definition) is 2. The predicted molar refractivity (Wildman–Crippen MR) is 58.0 cm³/mol. The largest absolute Gasteiger partial charge is 0.395 e. The molecule has 0 aromatic heterocycles. The minimum absolute atomic E-state index is 0.0221. The quantitative estimate of drug-likeness (QED) is 0.587. The third kappa shape index (κ3) is 6.89. The van der Waals surface area contributed by atoms with Crippen molar-refractivity contribution >= 4 is 5.91 Å². The molecular weight excluding hydrogens is 178 g/mol. The fraction of sp³-hybridized carbons (Fsp3) is 0.909. The molecule has 0 radical (unpaired) electrons. The molecule has 0 saturated heterocycles. The van der Waals surface area contributed by atoms with Crippen molar-refractivity contribution in [1.82, 2.24) is 5.32 Å². The van der Waals surface area contributed by atoms with E-state index in [-0.39, 0.29) is 18.4 Å². The first-order valence-electron chi connectivity index (χ1n) is 5.61. The molecule has 1 amide bonds. The Morgan fingerprint density at radius 3 is 2.64 bits per heavy atom. The van der Waals surface area contributed by atoms with Gasteiger partial charge in [-0.15, -0.1) is 0 Å². The van der Waals surface area contributed by atoms with Crippen LogP contribution in [0.4, 0.5) is 0 Å². The van der Waals surface area contributed by atoms with Gasteiger partial charge in [-0.25, -0.2) is 0 Å². The summed E-state index contributed by atoms with van der Waals surface area (Å²) in [4.78, 5) is 11.3. The van der Waals surface area contributed by atoms with Crippen LogP contribution >= 0.6 is 0 Å². The standard InChI is InChI=1S/C11H23NO2/c1-3-4-5-6-7-10(2)11(14)12-8-9-13/h10,13H,3-9H2,1-2H3,(H,12,14). The lowest BCUT2D eigenvalue weighted by Crippen LogP contribution is -2.31. The molecule has 1 atom stereocenters. The Morgan fingerprint density at radius 1 is 1.36 bits per heavy atom. The number of aliphatic hydroxyl groups excluding tert-OH is 1. The van der Waals surface area contributed by atoms with Crippen LogP contribution in [0.15, 0.2) is 0 Å². The van der Waals surface area contributed by atoms with Crippen molar-refractivity contribution in [1.29, 1.82) is 0 Å². The Kier molecular flexibility index (Phi) is 8.64. The summed E-state index contributed by atoms with van der Waals surface area (Å²) in [5.74, 6) is 0.147. The lowest BCUT2D eigenvalue weighted by Gasteiger charge is -2.10. The number of amides is 1. The summed E-state index contributed by atoms with van der Waals surface area (Å²) < 4.78 is 0. The van der Waals surface area contributed by atoms with Gasteiger partial charge in [0.15, 0.2) is 0 Å². The van der Waals surface area contributed by atoms with Gasteiger partial charge in [-0.2, -0.15) is 0 Å². The Bertz CT molecular complexity index is 148. The van der Waals surface area contributed by atoms with E-state index in [1.807, 2.05) is 6.92 Å². The molecule has 14 heavy (non-hydrogen) atoms. The van der Waals surface area contributed by atoms with Crippen LogP contribution in [0.1, 0.15) is 46.0 Å². The second-order valence-corrected chi connectivity index (χ2v) is 3.77. The zero-order valence-corrected chi connectivity index (χ0v) is 9.38. The molecule has 84 valence electrons. The van der Waals surface area contributed by atoms with E-state index in [9.17, 15) is 4.79 Å². The first-order valence-corrected chi connectivity index (χ1v) is 5.61. The summed E-state index contributed by atoms with van der Waals surface area (Å²) in [5, 5.41) is 11.2. The third-order valence-corrected chi connectivity index (χ3v) is 2.35. The predicted octanol–water partition coefficient (Wildman–Crippen LogP) is 1.70. The highest BCUT2D eigenvalue weighted by Crippen LogP contribution is 2.10. The smallest absolute Gasteiger partial charge is 0.222 e. The van der Waals surface area contributed by atoms with Gasteiger partial charge in [-0.1, -0.05) is 39.5 Å². The van der Waals surface area contributed by atoms with Crippen LogP contribution < -0.4 is 5.32 Å². The Balaban J connectivity index is 3.42. The lowest BCUT2D eigenvalue weighted by atomic mass is 10.0. The molecule has 0 fully saturated rings. The number of carbonyl (C=O) groups is 1. The van der Waals surface area contributed by atoms with Gasteiger partial charge >= 0.3 is 0 Å². The maximum Gasteiger partial charge on any atom is 0.222 e. The molecule has 0 bridgehead atoms. The first-order chi connectivity index (χ1) is 6.72. The van der Waals surface area contributed by atoms with Crippen molar-refractivity contribution in [3.05, 3.63) is 0 Å². The van der Waals surface area contributed by atoms with E-state index in [1.165, 1.54) is 19.3 Å². The van der Waals surface area contributed by atoms with Gasteiger partial charge in [-0.3, -0.25) is 4.79 Å². The zero-order valence-electron chi connectivity index (χ0n) is 9.38. The highest BCUT2D eigenvalue weighted by atomic mass is 16.3. The third-order valence-electron chi connectivity index (χ3n) is 2.35. The molecule has 3 heteroatoms. The van der Waals surface area contributed by atoms with E-state index in [2.05, 4.69) is 12.2 Å². The van der Waals surface area contributed by atoms with E-state index >= 15 is 0 Å². The molecule has 0 aliphatic carbocycles. The van der Waals surface area contributed by atoms with E-state index in [0.717, 1.165) is 12.8 Å². The summed E-state index contributed by atoms with van der Waals surface area (Å²) in [5.41, 5.74) is 0. The molecule has 0 aromatic rings. The van der Waals surface area contributed by atoms with Crippen LogP contribution in [-0.2, 0) is 4.79 Å². The molecule has 3 nitrogen and oxygen atoms in total. The van der Waals surface area contributed by atoms with Gasteiger partial charge in [0.1, 0.15) is 0 Å². The second kappa shape index (κ2) is 9.00. The maximum atomic E-state index is 11.3. The Hall–Kier alpha value is -0.570. The second-order valence-electron chi connectivity index (χ2n) is 3.77. The van der Waals surface area contributed by atoms with Crippen molar-refractivity contribution in [2.75, 3.05) is 13.2 Å². The van der Waals surface area contributed by atoms with Crippen molar-refractivity contribution in [3.63, 3.8) is 0 Å².